The molecule has 128 valence electrons. The standard InChI is InChI=1S/C14H8BrN3O5S2/c15-6-1-3-7(4-2-6)16-8(19)5-18-12(21)10(25-14(18)23)9-11(20)17-13(22)24-9/h1-4H,5H2,(H,16,19)(H,17,20,22)/b10-9+. The zero-order valence-electron chi connectivity index (χ0n) is 12.2. The third-order valence-electron chi connectivity index (χ3n) is 3.10. The number of hydrogen-bond donors (Lipinski definition) is 2. The van der Waals surface area contributed by atoms with Gasteiger partial charge in [0.25, 0.3) is 22.3 Å². The molecule has 2 heterocycles. The van der Waals surface area contributed by atoms with Crippen molar-refractivity contribution in [3.05, 3.63) is 38.5 Å². The van der Waals surface area contributed by atoms with Crippen molar-refractivity contribution < 1.29 is 24.0 Å². The lowest BCUT2D eigenvalue weighted by atomic mass is 10.3. The van der Waals surface area contributed by atoms with Crippen LogP contribution < -0.4 is 10.6 Å². The molecule has 2 fully saturated rings. The Labute approximate surface area is 157 Å². The highest BCUT2D eigenvalue weighted by molar-refractivity contribution is 9.10. The first-order valence-corrected chi connectivity index (χ1v) is 9.14. The maximum atomic E-state index is 12.3. The number of rotatable bonds is 3. The third-order valence-corrected chi connectivity index (χ3v) is 5.62. The van der Waals surface area contributed by atoms with E-state index in [1.165, 1.54) is 0 Å². The number of hydrogen-bond acceptors (Lipinski definition) is 7. The van der Waals surface area contributed by atoms with Crippen molar-refractivity contribution in [1.29, 1.82) is 0 Å². The number of imide groups is 2. The molecule has 2 aliphatic heterocycles. The molecule has 2 aliphatic rings. The summed E-state index contributed by atoms with van der Waals surface area (Å²) in [6, 6.07) is 6.77. The van der Waals surface area contributed by atoms with Gasteiger partial charge in [0.15, 0.2) is 0 Å². The van der Waals surface area contributed by atoms with Gasteiger partial charge < -0.3 is 5.32 Å². The molecular weight excluding hydrogens is 434 g/mol. The first kappa shape index (κ1) is 17.7. The summed E-state index contributed by atoms with van der Waals surface area (Å²) in [5, 5.41) is 3.30. The Morgan fingerprint density at radius 2 is 1.76 bits per heavy atom. The molecule has 1 aromatic rings. The van der Waals surface area contributed by atoms with Crippen molar-refractivity contribution >= 4 is 73.3 Å². The van der Waals surface area contributed by atoms with E-state index in [4.69, 9.17) is 0 Å². The summed E-state index contributed by atoms with van der Waals surface area (Å²) in [6.45, 7) is -0.488. The van der Waals surface area contributed by atoms with Crippen LogP contribution in [0, 0.1) is 0 Å². The number of halogens is 1. The molecule has 0 atom stereocenters. The number of thioether (sulfide) groups is 2. The van der Waals surface area contributed by atoms with Crippen LogP contribution in [0.4, 0.5) is 15.3 Å². The van der Waals surface area contributed by atoms with Gasteiger partial charge in [0.1, 0.15) is 16.4 Å². The second-order valence-corrected chi connectivity index (χ2v) is 7.68. The summed E-state index contributed by atoms with van der Waals surface area (Å²) < 4.78 is 0.838. The predicted octanol–water partition coefficient (Wildman–Crippen LogP) is 2.28. The molecule has 0 saturated carbocycles. The van der Waals surface area contributed by atoms with Gasteiger partial charge in [-0.15, -0.1) is 0 Å². The van der Waals surface area contributed by atoms with Crippen molar-refractivity contribution in [3.8, 4) is 0 Å². The fourth-order valence-electron chi connectivity index (χ4n) is 2.01. The maximum absolute atomic E-state index is 12.3. The molecular formula is C14H8BrN3O5S2. The lowest BCUT2D eigenvalue weighted by molar-refractivity contribution is -0.127. The molecule has 1 aromatic carbocycles. The summed E-state index contributed by atoms with van der Waals surface area (Å²) in [5.74, 6) is -2.05. The number of amides is 5. The monoisotopic (exact) mass is 441 g/mol. The van der Waals surface area contributed by atoms with Crippen LogP contribution in [-0.4, -0.2) is 39.6 Å². The largest absolute Gasteiger partial charge is 0.325 e. The number of carbonyl (C=O) groups is 5. The summed E-state index contributed by atoms with van der Waals surface area (Å²) in [7, 11) is 0. The summed E-state index contributed by atoms with van der Waals surface area (Å²) in [5.41, 5.74) is 0.509. The fraction of sp³-hybridized carbons (Fsp3) is 0.0714. The van der Waals surface area contributed by atoms with E-state index in [0.29, 0.717) is 29.2 Å². The normalized spacial score (nSPS) is 20.3. The predicted molar refractivity (Wildman–Crippen MR) is 95.6 cm³/mol. The van der Waals surface area contributed by atoms with E-state index >= 15 is 0 Å². The van der Waals surface area contributed by atoms with E-state index in [9.17, 15) is 24.0 Å². The lowest BCUT2D eigenvalue weighted by Crippen LogP contribution is -2.36. The van der Waals surface area contributed by atoms with Crippen LogP contribution in [0.3, 0.4) is 0 Å². The van der Waals surface area contributed by atoms with Gasteiger partial charge in [-0.25, -0.2) is 0 Å². The third kappa shape index (κ3) is 3.78. The Bertz CT molecular complexity index is 853. The van der Waals surface area contributed by atoms with E-state index in [1.807, 2.05) is 5.32 Å². The van der Waals surface area contributed by atoms with Crippen LogP contribution in [0.25, 0.3) is 0 Å². The Morgan fingerprint density at radius 3 is 2.36 bits per heavy atom. The van der Waals surface area contributed by atoms with Gasteiger partial charge in [-0.05, 0) is 47.8 Å². The van der Waals surface area contributed by atoms with Crippen LogP contribution in [0.15, 0.2) is 38.5 Å². The SMILES string of the molecule is O=C(CN1C(=O)S/C(=C2/SC(=O)NC2=O)C1=O)Nc1ccc(Br)cc1. The summed E-state index contributed by atoms with van der Waals surface area (Å²) in [6.07, 6.45) is 0. The van der Waals surface area contributed by atoms with Crippen LogP contribution in [0.5, 0.6) is 0 Å². The molecule has 0 aromatic heterocycles. The molecule has 0 unspecified atom stereocenters. The summed E-state index contributed by atoms with van der Waals surface area (Å²) in [4.78, 5) is 59.7. The van der Waals surface area contributed by atoms with Crippen LogP contribution in [0.2, 0.25) is 0 Å². The fourth-order valence-corrected chi connectivity index (χ4v) is 3.99. The molecule has 0 radical (unpaired) electrons. The number of carbonyl (C=O) groups excluding carboxylic acids is 5. The van der Waals surface area contributed by atoms with E-state index in [1.54, 1.807) is 24.3 Å². The topological polar surface area (TPSA) is 113 Å². The minimum Gasteiger partial charge on any atom is -0.325 e. The first-order chi connectivity index (χ1) is 11.8. The van der Waals surface area contributed by atoms with Crippen LogP contribution in [0.1, 0.15) is 0 Å². The van der Waals surface area contributed by atoms with Crippen molar-refractivity contribution in [3.63, 3.8) is 0 Å². The van der Waals surface area contributed by atoms with Gasteiger partial charge >= 0.3 is 0 Å². The minimum atomic E-state index is -0.770. The van der Waals surface area contributed by atoms with Gasteiger partial charge in [-0.3, -0.25) is 34.2 Å². The zero-order valence-corrected chi connectivity index (χ0v) is 15.4. The van der Waals surface area contributed by atoms with Gasteiger partial charge in [0.05, 0.1) is 0 Å². The maximum Gasteiger partial charge on any atom is 0.294 e. The summed E-state index contributed by atoms with van der Waals surface area (Å²) >= 11 is 4.36. The number of nitrogens with zero attached hydrogens (tertiary/aromatic N) is 1. The number of benzene rings is 1. The minimum absolute atomic E-state index is 0.121. The van der Waals surface area contributed by atoms with E-state index in [2.05, 4.69) is 21.2 Å². The Hall–Kier alpha value is -2.11. The molecule has 11 heteroatoms. The average molecular weight is 442 g/mol. The highest BCUT2D eigenvalue weighted by atomic mass is 79.9. The molecule has 3 rings (SSSR count). The molecule has 0 spiro atoms. The molecule has 2 N–H and O–H groups in total. The quantitative estimate of drug-likeness (QED) is 0.691. The van der Waals surface area contributed by atoms with E-state index in [0.717, 1.165) is 9.37 Å². The molecule has 0 aliphatic carbocycles. The van der Waals surface area contributed by atoms with Crippen molar-refractivity contribution in [2.75, 3.05) is 11.9 Å². The Kier molecular flexibility index (Phi) is 4.97. The van der Waals surface area contributed by atoms with Crippen LogP contribution in [-0.2, 0) is 14.4 Å². The number of anilines is 1. The smallest absolute Gasteiger partial charge is 0.294 e. The van der Waals surface area contributed by atoms with Crippen molar-refractivity contribution in [2.45, 2.75) is 0 Å². The molecule has 0 bridgehead atoms. The van der Waals surface area contributed by atoms with Crippen molar-refractivity contribution in [1.82, 2.24) is 10.2 Å². The van der Waals surface area contributed by atoms with Gasteiger partial charge in [-0.1, -0.05) is 15.9 Å². The van der Waals surface area contributed by atoms with E-state index < -0.39 is 34.7 Å². The van der Waals surface area contributed by atoms with Crippen LogP contribution >= 0.6 is 39.5 Å². The van der Waals surface area contributed by atoms with Gasteiger partial charge in [0.2, 0.25) is 5.91 Å². The molecule has 5 amide bonds. The van der Waals surface area contributed by atoms with Gasteiger partial charge in [-0.2, -0.15) is 0 Å². The number of nitrogens with one attached hydrogen (secondary N) is 2. The first-order valence-electron chi connectivity index (χ1n) is 6.71. The Morgan fingerprint density at radius 1 is 1.08 bits per heavy atom. The van der Waals surface area contributed by atoms with Crippen molar-refractivity contribution in [2.24, 2.45) is 0 Å². The second kappa shape index (κ2) is 7.02. The Balaban J connectivity index is 1.72. The zero-order chi connectivity index (χ0) is 18.1. The van der Waals surface area contributed by atoms with E-state index in [-0.39, 0.29) is 9.81 Å². The molecule has 8 nitrogen and oxygen atoms in total. The second-order valence-electron chi connectivity index (χ2n) is 4.82. The lowest BCUT2D eigenvalue weighted by Gasteiger charge is -2.12. The highest BCUT2D eigenvalue weighted by Gasteiger charge is 2.42. The average Bonchev–Trinajstić information content (AvgIpc) is 3.02. The van der Waals surface area contributed by atoms with Gasteiger partial charge in [0, 0.05) is 10.2 Å². The molecule has 2 saturated heterocycles. The highest BCUT2D eigenvalue weighted by Crippen LogP contribution is 2.38. The molecule has 25 heavy (non-hydrogen) atoms.